The predicted molar refractivity (Wildman–Crippen MR) is 70.1 cm³/mol. The van der Waals surface area contributed by atoms with Crippen LogP contribution in [0.4, 0.5) is 8.78 Å². The molecule has 0 saturated heterocycles. The largest absolute Gasteiger partial charge is 0.207 e. The Bertz CT molecular complexity index is 555. The highest BCUT2D eigenvalue weighted by molar-refractivity contribution is 6.33. The van der Waals surface area contributed by atoms with Crippen molar-refractivity contribution in [2.24, 2.45) is 0 Å². The molecule has 0 nitrogen and oxygen atoms in total. The van der Waals surface area contributed by atoms with E-state index in [1.54, 1.807) is 24.3 Å². The lowest BCUT2D eigenvalue weighted by Gasteiger charge is -2.12. The fraction of sp³-hybridized carbons (Fsp3) is 0.143. The van der Waals surface area contributed by atoms with Gasteiger partial charge in [0, 0.05) is 0 Å². The molecule has 2 rings (SSSR count). The predicted octanol–water partition coefficient (Wildman–Crippen LogP) is 5.14. The summed E-state index contributed by atoms with van der Waals surface area (Å²) in [6.07, 6.45) is 0.261. The zero-order valence-corrected chi connectivity index (χ0v) is 10.8. The molecule has 0 heterocycles. The maximum atomic E-state index is 13.5. The maximum Gasteiger partial charge on any atom is 0.142 e. The average molecular weight is 287 g/mol. The molecule has 1 unspecified atom stereocenters. The van der Waals surface area contributed by atoms with E-state index >= 15 is 0 Å². The minimum atomic E-state index is -0.565. The lowest BCUT2D eigenvalue weighted by molar-refractivity contribution is 0.606. The highest BCUT2D eigenvalue weighted by Gasteiger charge is 2.16. The van der Waals surface area contributed by atoms with Gasteiger partial charge in [0.15, 0.2) is 0 Å². The van der Waals surface area contributed by atoms with Gasteiger partial charge in [-0.15, -0.1) is 11.6 Å². The molecule has 0 radical (unpaired) electrons. The van der Waals surface area contributed by atoms with Crippen molar-refractivity contribution >= 4 is 23.2 Å². The highest BCUT2D eigenvalue weighted by atomic mass is 35.5. The molecule has 0 N–H and O–H groups in total. The normalized spacial score (nSPS) is 12.4. The summed E-state index contributed by atoms with van der Waals surface area (Å²) in [5, 5.41) is -0.570. The van der Waals surface area contributed by atoms with E-state index < -0.39 is 11.2 Å². The molecule has 0 fully saturated rings. The van der Waals surface area contributed by atoms with E-state index in [4.69, 9.17) is 23.2 Å². The molecule has 0 aromatic heterocycles. The highest BCUT2D eigenvalue weighted by Crippen LogP contribution is 2.32. The first kappa shape index (κ1) is 13.3. The van der Waals surface area contributed by atoms with Crippen LogP contribution in [0.25, 0.3) is 0 Å². The maximum absolute atomic E-state index is 13.5. The van der Waals surface area contributed by atoms with Crippen molar-refractivity contribution < 1.29 is 8.78 Å². The molecule has 0 saturated carbocycles. The summed E-state index contributed by atoms with van der Waals surface area (Å²) in [5.41, 5.74) is 0.958. The first-order valence-electron chi connectivity index (χ1n) is 5.41. The van der Waals surface area contributed by atoms with E-state index in [0.717, 1.165) is 0 Å². The third-order valence-corrected chi connectivity index (χ3v) is 3.46. The lowest BCUT2D eigenvalue weighted by atomic mass is 10.0. The standard InChI is InChI=1S/C14H10Cl2F2/c15-11(8-9-4-1-2-6-12(9)17)10-5-3-7-13(18)14(10)16/h1-7,11H,8H2. The van der Waals surface area contributed by atoms with Crippen LogP contribution < -0.4 is 0 Å². The van der Waals surface area contributed by atoms with Crippen molar-refractivity contribution in [3.8, 4) is 0 Å². The molecule has 0 bridgehead atoms. The van der Waals surface area contributed by atoms with Crippen LogP contribution in [0.2, 0.25) is 5.02 Å². The summed E-state index contributed by atoms with van der Waals surface area (Å²) in [6.45, 7) is 0. The van der Waals surface area contributed by atoms with E-state index in [2.05, 4.69) is 0 Å². The van der Waals surface area contributed by atoms with E-state index in [1.807, 2.05) is 0 Å². The van der Waals surface area contributed by atoms with Gasteiger partial charge in [0.25, 0.3) is 0 Å². The van der Waals surface area contributed by atoms with Crippen molar-refractivity contribution in [3.05, 3.63) is 70.2 Å². The topological polar surface area (TPSA) is 0 Å². The van der Waals surface area contributed by atoms with Crippen LogP contribution in [-0.2, 0) is 6.42 Å². The number of halogens is 4. The van der Waals surface area contributed by atoms with E-state index in [9.17, 15) is 8.78 Å². The second kappa shape index (κ2) is 5.68. The Morgan fingerprint density at radius 2 is 1.61 bits per heavy atom. The minimum absolute atomic E-state index is 0.00570. The molecule has 18 heavy (non-hydrogen) atoms. The molecule has 1 atom stereocenters. The quantitative estimate of drug-likeness (QED) is 0.685. The first-order chi connectivity index (χ1) is 8.59. The number of rotatable bonds is 3. The average Bonchev–Trinajstić information content (AvgIpc) is 2.35. The monoisotopic (exact) mass is 286 g/mol. The number of hydrogen-bond acceptors (Lipinski definition) is 0. The number of hydrogen-bond donors (Lipinski definition) is 0. The van der Waals surface area contributed by atoms with Gasteiger partial charge in [0.2, 0.25) is 0 Å². The van der Waals surface area contributed by atoms with Gasteiger partial charge in [-0.1, -0.05) is 41.9 Å². The fourth-order valence-electron chi connectivity index (χ4n) is 1.73. The van der Waals surface area contributed by atoms with Gasteiger partial charge in [-0.3, -0.25) is 0 Å². The molecule has 0 aliphatic carbocycles. The van der Waals surface area contributed by atoms with Crippen LogP contribution in [0.3, 0.4) is 0 Å². The molecule has 2 aromatic rings. The fourth-order valence-corrected chi connectivity index (χ4v) is 2.39. The lowest BCUT2D eigenvalue weighted by Crippen LogP contribution is -2.00. The van der Waals surface area contributed by atoms with Crippen molar-refractivity contribution in [1.29, 1.82) is 0 Å². The summed E-state index contributed by atoms with van der Waals surface area (Å²) >= 11 is 12.0. The van der Waals surface area contributed by atoms with Gasteiger partial charge < -0.3 is 0 Å². The Labute approximate surface area is 114 Å². The van der Waals surface area contributed by atoms with Gasteiger partial charge in [-0.2, -0.15) is 0 Å². The van der Waals surface area contributed by atoms with Crippen LogP contribution in [0, 0.1) is 11.6 Å². The summed E-state index contributed by atoms with van der Waals surface area (Å²) in [5.74, 6) is -0.843. The van der Waals surface area contributed by atoms with Gasteiger partial charge in [-0.05, 0) is 29.7 Å². The number of benzene rings is 2. The van der Waals surface area contributed by atoms with Crippen molar-refractivity contribution in [2.75, 3.05) is 0 Å². The van der Waals surface area contributed by atoms with Gasteiger partial charge >= 0.3 is 0 Å². The molecule has 4 heteroatoms. The molecule has 0 amide bonds. The summed E-state index contributed by atoms with van der Waals surface area (Å²) < 4.78 is 26.8. The summed E-state index contributed by atoms with van der Waals surface area (Å²) in [4.78, 5) is 0. The third kappa shape index (κ3) is 2.82. The molecule has 2 aromatic carbocycles. The summed E-state index contributed by atoms with van der Waals surface area (Å²) in [6, 6.07) is 10.8. The Morgan fingerprint density at radius 3 is 2.33 bits per heavy atom. The van der Waals surface area contributed by atoms with Crippen LogP contribution in [0.5, 0.6) is 0 Å². The molecule has 0 spiro atoms. The molecular weight excluding hydrogens is 277 g/mol. The van der Waals surface area contributed by atoms with Crippen LogP contribution in [0.15, 0.2) is 42.5 Å². The van der Waals surface area contributed by atoms with Crippen molar-refractivity contribution in [1.82, 2.24) is 0 Å². The summed E-state index contributed by atoms with van der Waals surface area (Å²) in [7, 11) is 0. The third-order valence-electron chi connectivity index (χ3n) is 2.68. The SMILES string of the molecule is Fc1ccccc1CC(Cl)c1cccc(F)c1Cl. The van der Waals surface area contributed by atoms with Crippen LogP contribution in [0.1, 0.15) is 16.5 Å². The van der Waals surface area contributed by atoms with Crippen LogP contribution in [-0.4, -0.2) is 0 Å². The van der Waals surface area contributed by atoms with E-state index in [-0.39, 0.29) is 17.3 Å². The van der Waals surface area contributed by atoms with Gasteiger partial charge in [-0.25, -0.2) is 8.78 Å². The second-order valence-corrected chi connectivity index (χ2v) is 4.81. The van der Waals surface area contributed by atoms with Crippen molar-refractivity contribution in [2.45, 2.75) is 11.8 Å². The Kier molecular flexibility index (Phi) is 4.20. The zero-order valence-electron chi connectivity index (χ0n) is 9.34. The van der Waals surface area contributed by atoms with Crippen LogP contribution >= 0.6 is 23.2 Å². The first-order valence-corrected chi connectivity index (χ1v) is 6.22. The molecule has 94 valence electrons. The van der Waals surface area contributed by atoms with Gasteiger partial charge in [0.1, 0.15) is 11.6 Å². The van der Waals surface area contributed by atoms with Gasteiger partial charge in [0.05, 0.1) is 10.4 Å². The van der Waals surface area contributed by atoms with Crippen molar-refractivity contribution in [3.63, 3.8) is 0 Å². The molecule has 0 aliphatic rings. The second-order valence-electron chi connectivity index (χ2n) is 3.91. The zero-order chi connectivity index (χ0) is 13.1. The minimum Gasteiger partial charge on any atom is -0.207 e. The molecule has 0 aliphatic heterocycles. The molecular formula is C14H10Cl2F2. The Balaban J connectivity index is 2.25. The Hall–Kier alpha value is -1.12. The number of alkyl halides is 1. The smallest absolute Gasteiger partial charge is 0.142 e. The Morgan fingerprint density at radius 1 is 0.944 bits per heavy atom. The van der Waals surface area contributed by atoms with E-state index in [0.29, 0.717) is 11.1 Å². The van der Waals surface area contributed by atoms with E-state index in [1.165, 1.54) is 18.2 Å².